The molecular formula is C18H18N2O4. The molecular weight excluding hydrogens is 308 g/mol. The Kier molecular flexibility index (Phi) is 6.64. The van der Waals surface area contributed by atoms with Crippen LogP contribution in [0.25, 0.3) is 0 Å². The van der Waals surface area contributed by atoms with E-state index in [0.717, 1.165) is 0 Å². The van der Waals surface area contributed by atoms with Gasteiger partial charge < -0.3 is 9.47 Å². The van der Waals surface area contributed by atoms with Gasteiger partial charge in [-0.1, -0.05) is 42.5 Å². The van der Waals surface area contributed by atoms with Gasteiger partial charge in [-0.25, -0.2) is 4.79 Å². The first-order chi connectivity index (χ1) is 11.7. The number of hydrogen-bond donors (Lipinski definition) is 0. The van der Waals surface area contributed by atoms with Crippen molar-refractivity contribution in [2.24, 2.45) is 0 Å². The number of ether oxygens (including phenoxy) is 2. The van der Waals surface area contributed by atoms with Gasteiger partial charge in [-0.05, 0) is 6.42 Å². The zero-order valence-corrected chi connectivity index (χ0v) is 13.3. The van der Waals surface area contributed by atoms with Gasteiger partial charge in [-0.2, -0.15) is 0 Å². The van der Waals surface area contributed by atoms with Crippen molar-refractivity contribution in [2.75, 3.05) is 13.7 Å². The normalized spacial score (nSPS) is 11.9. The smallest absolute Gasteiger partial charge is 0.438 e. The highest BCUT2D eigenvalue weighted by Gasteiger charge is 2.22. The van der Waals surface area contributed by atoms with Crippen LogP contribution in [-0.4, -0.2) is 35.6 Å². The molecule has 0 N–H and O–H groups in total. The van der Waals surface area contributed by atoms with E-state index < -0.39 is 12.1 Å². The topological polar surface area (TPSA) is 78.4 Å². The average molecular weight is 326 g/mol. The maximum absolute atomic E-state index is 12.8. The molecule has 6 heteroatoms. The minimum Gasteiger partial charge on any atom is -0.438 e. The molecule has 0 aliphatic rings. The maximum atomic E-state index is 12.8. The van der Waals surface area contributed by atoms with Crippen LogP contribution in [0.2, 0.25) is 0 Å². The van der Waals surface area contributed by atoms with Gasteiger partial charge in [-0.3, -0.25) is 14.8 Å². The van der Waals surface area contributed by atoms with Crippen LogP contribution in [0.5, 0.6) is 0 Å². The highest BCUT2D eigenvalue weighted by Crippen LogP contribution is 2.22. The molecule has 0 spiro atoms. The van der Waals surface area contributed by atoms with Gasteiger partial charge in [0.05, 0.1) is 18.7 Å². The predicted molar refractivity (Wildman–Crippen MR) is 87.7 cm³/mol. The summed E-state index contributed by atoms with van der Waals surface area (Å²) in [5.74, 6) is -0.481. The van der Waals surface area contributed by atoms with Crippen molar-refractivity contribution in [3.63, 3.8) is 0 Å². The minimum atomic E-state index is -0.745. The number of hydrogen-bond acceptors (Lipinski definition) is 6. The Bertz CT molecular complexity index is 687. The van der Waals surface area contributed by atoms with Crippen LogP contribution in [0.1, 0.15) is 28.4 Å². The third kappa shape index (κ3) is 5.01. The van der Waals surface area contributed by atoms with Crippen LogP contribution in [0.15, 0.2) is 61.1 Å². The Hall–Kier alpha value is -3.02. The van der Waals surface area contributed by atoms with Crippen LogP contribution >= 0.6 is 0 Å². The number of benzene rings is 1. The highest BCUT2D eigenvalue weighted by atomic mass is 16.7. The zero-order valence-electron chi connectivity index (χ0n) is 13.3. The number of aromatic nitrogens is 2. The molecule has 2 aromatic rings. The van der Waals surface area contributed by atoms with E-state index in [1.807, 2.05) is 18.2 Å². The number of carbonyl (C=O) groups excluding carboxylic acids is 2. The summed E-state index contributed by atoms with van der Waals surface area (Å²) in [5, 5.41) is 0. The molecule has 6 nitrogen and oxygen atoms in total. The van der Waals surface area contributed by atoms with E-state index in [2.05, 4.69) is 14.7 Å². The van der Waals surface area contributed by atoms with Crippen LogP contribution in [0.3, 0.4) is 0 Å². The molecule has 1 unspecified atom stereocenters. The monoisotopic (exact) mass is 326 g/mol. The standard InChI is InChI=1S/C18H18N2O4/c1-23-18(22)24-12-6-5-9-15(16-13-19-10-11-20-16)17(21)14-7-3-2-4-8-14/h2-8,10-11,13,15H,9,12H2,1H3/b6-5+. The molecule has 0 saturated heterocycles. The van der Waals surface area contributed by atoms with Crippen molar-refractivity contribution >= 4 is 11.9 Å². The summed E-state index contributed by atoms with van der Waals surface area (Å²) in [6, 6.07) is 9.05. The van der Waals surface area contributed by atoms with E-state index in [-0.39, 0.29) is 12.4 Å². The number of methoxy groups -OCH3 is 1. The summed E-state index contributed by atoms with van der Waals surface area (Å²) in [6.07, 6.45) is 7.84. The molecule has 0 aliphatic carbocycles. The van der Waals surface area contributed by atoms with Gasteiger partial charge >= 0.3 is 6.16 Å². The molecule has 1 heterocycles. The molecule has 1 atom stereocenters. The van der Waals surface area contributed by atoms with Gasteiger partial charge in [0.15, 0.2) is 5.78 Å². The van der Waals surface area contributed by atoms with Crippen molar-refractivity contribution in [1.29, 1.82) is 0 Å². The van der Waals surface area contributed by atoms with E-state index >= 15 is 0 Å². The molecule has 0 radical (unpaired) electrons. The minimum absolute atomic E-state index is 0.0327. The van der Waals surface area contributed by atoms with Gasteiger partial charge in [0.1, 0.15) is 6.61 Å². The first kappa shape index (κ1) is 17.3. The average Bonchev–Trinajstić information content (AvgIpc) is 2.65. The lowest BCUT2D eigenvalue weighted by Crippen LogP contribution is -2.14. The third-order valence-electron chi connectivity index (χ3n) is 3.32. The van der Waals surface area contributed by atoms with E-state index in [0.29, 0.717) is 17.7 Å². The van der Waals surface area contributed by atoms with E-state index in [1.54, 1.807) is 42.9 Å². The summed E-state index contributed by atoms with van der Waals surface area (Å²) >= 11 is 0. The number of Topliss-reactive ketones (excluding diaryl/α,β-unsaturated/α-hetero) is 1. The van der Waals surface area contributed by atoms with Gasteiger partial charge in [-0.15, -0.1) is 0 Å². The molecule has 24 heavy (non-hydrogen) atoms. The molecule has 1 aromatic carbocycles. The Morgan fingerprint density at radius 1 is 1.17 bits per heavy atom. The van der Waals surface area contributed by atoms with E-state index in [9.17, 15) is 9.59 Å². The zero-order chi connectivity index (χ0) is 17.2. The second kappa shape index (κ2) is 9.19. The Morgan fingerprint density at radius 3 is 2.62 bits per heavy atom. The van der Waals surface area contributed by atoms with Crippen molar-refractivity contribution in [2.45, 2.75) is 12.3 Å². The Labute approximate surface area is 140 Å². The summed E-state index contributed by atoms with van der Waals surface area (Å²) in [6.45, 7) is 0.0827. The number of rotatable bonds is 7. The number of carbonyl (C=O) groups is 2. The van der Waals surface area contributed by atoms with Crippen LogP contribution < -0.4 is 0 Å². The molecule has 0 saturated carbocycles. The van der Waals surface area contributed by atoms with Crippen LogP contribution in [-0.2, 0) is 9.47 Å². The number of ketones is 1. The molecule has 2 rings (SSSR count). The fourth-order valence-corrected chi connectivity index (χ4v) is 2.13. The molecule has 0 fully saturated rings. The molecule has 124 valence electrons. The lowest BCUT2D eigenvalue weighted by Gasteiger charge is -2.13. The van der Waals surface area contributed by atoms with Crippen molar-refractivity contribution in [3.05, 3.63) is 72.3 Å². The fraction of sp³-hybridized carbons (Fsp3) is 0.222. The second-order valence-electron chi connectivity index (χ2n) is 4.89. The molecule has 1 aromatic heterocycles. The van der Waals surface area contributed by atoms with Gasteiger partial charge in [0.25, 0.3) is 0 Å². The highest BCUT2D eigenvalue weighted by molar-refractivity contribution is 6.00. The predicted octanol–water partition coefficient (Wildman–Crippen LogP) is 3.17. The quantitative estimate of drug-likeness (QED) is 0.442. The Balaban J connectivity index is 2.08. The summed E-state index contributed by atoms with van der Waals surface area (Å²) < 4.78 is 9.14. The fourth-order valence-electron chi connectivity index (χ4n) is 2.13. The van der Waals surface area contributed by atoms with Crippen LogP contribution in [0.4, 0.5) is 4.79 Å². The van der Waals surface area contributed by atoms with Crippen LogP contribution in [0, 0.1) is 0 Å². The first-order valence-corrected chi connectivity index (χ1v) is 7.43. The third-order valence-corrected chi connectivity index (χ3v) is 3.32. The summed E-state index contributed by atoms with van der Waals surface area (Å²) in [4.78, 5) is 31.9. The lowest BCUT2D eigenvalue weighted by atomic mass is 9.91. The summed E-state index contributed by atoms with van der Waals surface area (Å²) in [7, 11) is 1.24. The van der Waals surface area contributed by atoms with Crippen molar-refractivity contribution in [3.8, 4) is 0 Å². The number of allylic oxidation sites excluding steroid dienone is 1. The van der Waals surface area contributed by atoms with Gasteiger partial charge in [0.2, 0.25) is 0 Å². The summed E-state index contributed by atoms with van der Waals surface area (Å²) in [5.41, 5.74) is 1.22. The molecule has 0 bridgehead atoms. The first-order valence-electron chi connectivity index (χ1n) is 7.43. The lowest BCUT2D eigenvalue weighted by molar-refractivity contribution is 0.0816. The van der Waals surface area contributed by atoms with E-state index in [4.69, 9.17) is 4.74 Å². The second-order valence-corrected chi connectivity index (χ2v) is 4.89. The van der Waals surface area contributed by atoms with Crippen molar-refractivity contribution in [1.82, 2.24) is 9.97 Å². The molecule has 0 amide bonds. The Morgan fingerprint density at radius 2 is 1.96 bits per heavy atom. The number of nitrogens with zero attached hydrogens (tertiary/aromatic N) is 2. The van der Waals surface area contributed by atoms with Crippen molar-refractivity contribution < 1.29 is 19.1 Å². The van der Waals surface area contributed by atoms with E-state index in [1.165, 1.54) is 7.11 Å². The maximum Gasteiger partial charge on any atom is 0.508 e. The SMILES string of the molecule is COC(=O)OC/C=C/CC(C(=O)c1ccccc1)c1cnccn1. The van der Waals surface area contributed by atoms with Gasteiger partial charge in [0, 0.05) is 24.2 Å². The largest absolute Gasteiger partial charge is 0.508 e. The molecule has 0 aliphatic heterocycles.